The molecule has 2 aliphatic rings. The molecule has 5 nitrogen and oxygen atoms in total. The van der Waals surface area contributed by atoms with Crippen molar-refractivity contribution in [3.8, 4) is 0 Å². The first-order valence-corrected chi connectivity index (χ1v) is 9.77. The highest BCUT2D eigenvalue weighted by Crippen LogP contribution is 2.59. The Balaban J connectivity index is 1.78. The van der Waals surface area contributed by atoms with Crippen LogP contribution in [0.3, 0.4) is 0 Å². The van der Waals surface area contributed by atoms with Crippen LogP contribution in [0.2, 0.25) is 0 Å². The lowest BCUT2D eigenvalue weighted by atomic mass is 10.2. The topological polar surface area (TPSA) is 42.0 Å². The van der Waals surface area contributed by atoms with Crippen LogP contribution in [-0.2, 0) is 13.6 Å². The molecule has 0 radical (unpaired) electrons. The van der Waals surface area contributed by atoms with E-state index in [0.29, 0.717) is 19.4 Å². The van der Waals surface area contributed by atoms with Crippen molar-refractivity contribution < 1.29 is 13.6 Å². The summed E-state index contributed by atoms with van der Waals surface area (Å²) in [5, 5.41) is 0. The second kappa shape index (κ2) is 6.71. The molecule has 0 amide bonds. The zero-order valence-electron chi connectivity index (χ0n) is 13.4. The van der Waals surface area contributed by atoms with Crippen molar-refractivity contribution in [2.75, 3.05) is 31.2 Å². The van der Waals surface area contributed by atoms with E-state index in [1.54, 1.807) is 0 Å². The van der Waals surface area contributed by atoms with E-state index < -0.39 is 7.60 Å². The normalized spacial score (nSPS) is 25.6. The fourth-order valence-electron chi connectivity index (χ4n) is 3.66. The van der Waals surface area contributed by atoms with E-state index >= 15 is 0 Å². The number of hydrogen-bond donors (Lipinski definition) is 0. The Morgan fingerprint density at radius 2 is 1.77 bits per heavy atom. The number of para-hydroxylation sites is 1. The van der Waals surface area contributed by atoms with Crippen molar-refractivity contribution in [1.29, 1.82) is 0 Å². The SMILES string of the molecule is CCOP(=O)(OCC)C1CCC2N(c3ccccc3)CCN21. The van der Waals surface area contributed by atoms with Crippen molar-refractivity contribution in [2.24, 2.45) is 0 Å². The number of nitrogens with zero attached hydrogens (tertiary/aromatic N) is 2. The van der Waals surface area contributed by atoms with Gasteiger partial charge in [-0.25, -0.2) is 0 Å². The third-order valence-electron chi connectivity index (χ3n) is 4.48. The molecule has 1 aromatic carbocycles. The fraction of sp³-hybridized carbons (Fsp3) is 0.625. The van der Waals surface area contributed by atoms with Gasteiger partial charge in [-0.1, -0.05) is 18.2 Å². The highest BCUT2D eigenvalue weighted by molar-refractivity contribution is 7.54. The molecule has 22 heavy (non-hydrogen) atoms. The summed E-state index contributed by atoms with van der Waals surface area (Å²) in [5.74, 6) is -0.105. The van der Waals surface area contributed by atoms with Crippen LogP contribution in [-0.4, -0.2) is 43.2 Å². The number of rotatable bonds is 6. The van der Waals surface area contributed by atoms with Crippen LogP contribution < -0.4 is 4.90 Å². The molecule has 0 bridgehead atoms. The average Bonchev–Trinajstić information content (AvgIpc) is 3.10. The van der Waals surface area contributed by atoms with E-state index in [0.717, 1.165) is 25.9 Å². The molecule has 2 aliphatic heterocycles. The predicted octanol–water partition coefficient (Wildman–Crippen LogP) is 3.52. The zero-order chi connectivity index (χ0) is 15.6. The van der Waals surface area contributed by atoms with Gasteiger partial charge in [0.05, 0.1) is 19.4 Å². The lowest BCUT2D eigenvalue weighted by molar-refractivity contribution is 0.180. The van der Waals surface area contributed by atoms with Crippen LogP contribution in [0, 0.1) is 0 Å². The number of benzene rings is 1. The third-order valence-corrected chi connectivity index (χ3v) is 7.00. The number of hydrogen-bond acceptors (Lipinski definition) is 5. The molecule has 2 saturated heterocycles. The smallest absolute Gasteiger partial charge is 0.347 e. The fourth-order valence-corrected chi connectivity index (χ4v) is 5.90. The minimum atomic E-state index is -3.06. The predicted molar refractivity (Wildman–Crippen MR) is 88.2 cm³/mol. The Labute approximate surface area is 132 Å². The minimum Gasteiger partial charge on any atom is -0.354 e. The molecule has 0 aliphatic carbocycles. The average molecular weight is 324 g/mol. The second-order valence-corrected chi connectivity index (χ2v) is 7.87. The summed E-state index contributed by atoms with van der Waals surface area (Å²) in [6, 6.07) is 10.4. The van der Waals surface area contributed by atoms with Crippen molar-refractivity contribution in [3.63, 3.8) is 0 Å². The Kier molecular flexibility index (Phi) is 4.88. The highest BCUT2D eigenvalue weighted by atomic mass is 31.2. The number of fused-ring (bicyclic) bond motifs is 1. The van der Waals surface area contributed by atoms with Crippen LogP contribution in [0.5, 0.6) is 0 Å². The van der Waals surface area contributed by atoms with Gasteiger partial charge in [-0.05, 0) is 38.8 Å². The van der Waals surface area contributed by atoms with Gasteiger partial charge in [-0.3, -0.25) is 9.46 Å². The van der Waals surface area contributed by atoms with E-state index in [1.807, 2.05) is 19.9 Å². The Hall–Kier alpha value is -0.870. The quantitative estimate of drug-likeness (QED) is 0.749. The zero-order valence-corrected chi connectivity index (χ0v) is 14.2. The highest BCUT2D eigenvalue weighted by Gasteiger charge is 2.50. The molecule has 2 heterocycles. The molecule has 1 aromatic rings. The van der Waals surface area contributed by atoms with Crippen molar-refractivity contribution in [2.45, 2.75) is 38.6 Å². The maximum absolute atomic E-state index is 13.1. The standard InChI is InChI=1S/C16H25N2O3P/c1-3-20-22(19,21-4-2)16-11-10-15-17(12-13-18(15)16)14-8-6-5-7-9-14/h5-9,15-16H,3-4,10-13H2,1-2H3. The molecule has 6 heteroatoms. The first kappa shape index (κ1) is 16.0. The van der Waals surface area contributed by atoms with Gasteiger partial charge in [-0.15, -0.1) is 0 Å². The van der Waals surface area contributed by atoms with Gasteiger partial charge in [0.15, 0.2) is 0 Å². The number of anilines is 1. The first-order chi connectivity index (χ1) is 10.7. The molecule has 122 valence electrons. The minimum absolute atomic E-state index is 0.105. The Morgan fingerprint density at radius 1 is 1.09 bits per heavy atom. The van der Waals surface area contributed by atoms with E-state index in [4.69, 9.17) is 9.05 Å². The van der Waals surface area contributed by atoms with Crippen LogP contribution in [0.25, 0.3) is 0 Å². The van der Waals surface area contributed by atoms with Gasteiger partial charge in [0.2, 0.25) is 0 Å². The van der Waals surface area contributed by atoms with Gasteiger partial charge in [0.25, 0.3) is 0 Å². The maximum atomic E-state index is 13.1. The second-order valence-electron chi connectivity index (χ2n) is 5.68. The summed E-state index contributed by atoms with van der Waals surface area (Å²) in [6.07, 6.45) is 2.18. The Bertz CT molecular complexity index is 529. The van der Waals surface area contributed by atoms with Crippen molar-refractivity contribution in [3.05, 3.63) is 30.3 Å². The van der Waals surface area contributed by atoms with E-state index in [9.17, 15) is 4.57 Å². The van der Waals surface area contributed by atoms with E-state index in [2.05, 4.69) is 34.1 Å². The van der Waals surface area contributed by atoms with Crippen LogP contribution >= 0.6 is 7.60 Å². The summed E-state index contributed by atoms with van der Waals surface area (Å²) in [7, 11) is -3.06. The van der Waals surface area contributed by atoms with Crippen LogP contribution in [0.1, 0.15) is 26.7 Å². The van der Waals surface area contributed by atoms with E-state index in [1.165, 1.54) is 5.69 Å². The monoisotopic (exact) mass is 324 g/mol. The van der Waals surface area contributed by atoms with Crippen molar-refractivity contribution in [1.82, 2.24) is 4.90 Å². The molecular formula is C16H25N2O3P. The maximum Gasteiger partial charge on any atom is 0.347 e. The molecule has 0 N–H and O–H groups in total. The lowest BCUT2D eigenvalue weighted by Crippen LogP contribution is -2.37. The summed E-state index contributed by atoms with van der Waals surface area (Å²) < 4.78 is 24.2. The Morgan fingerprint density at radius 3 is 2.41 bits per heavy atom. The molecule has 0 spiro atoms. The van der Waals surface area contributed by atoms with Crippen LogP contribution in [0.4, 0.5) is 5.69 Å². The molecule has 0 aromatic heterocycles. The van der Waals surface area contributed by atoms with Gasteiger partial charge in [0.1, 0.15) is 5.78 Å². The summed E-state index contributed by atoms with van der Waals surface area (Å²) >= 11 is 0. The van der Waals surface area contributed by atoms with Gasteiger partial charge >= 0.3 is 7.60 Å². The van der Waals surface area contributed by atoms with Crippen LogP contribution in [0.15, 0.2) is 30.3 Å². The summed E-state index contributed by atoms with van der Waals surface area (Å²) in [4.78, 5) is 4.72. The molecular weight excluding hydrogens is 299 g/mol. The van der Waals surface area contributed by atoms with Gasteiger partial charge in [-0.2, -0.15) is 0 Å². The molecule has 0 saturated carbocycles. The largest absolute Gasteiger partial charge is 0.354 e. The first-order valence-electron chi connectivity index (χ1n) is 8.16. The lowest BCUT2D eigenvalue weighted by Gasteiger charge is -2.31. The molecule has 2 atom stereocenters. The molecule has 2 unspecified atom stereocenters. The van der Waals surface area contributed by atoms with Gasteiger partial charge < -0.3 is 13.9 Å². The van der Waals surface area contributed by atoms with Crippen molar-refractivity contribution >= 4 is 13.3 Å². The third kappa shape index (κ3) is 2.83. The van der Waals surface area contributed by atoms with Gasteiger partial charge in [0, 0.05) is 18.8 Å². The molecule has 3 rings (SSSR count). The molecule has 2 fully saturated rings. The summed E-state index contributed by atoms with van der Waals surface area (Å²) in [6.45, 7) is 6.47. The summed E-state index contributed by atoms with van der Waals surface area (Å²) in [5.41, 5.74) is 1.23. The van der Waals surface area contributed by atoms with E-state index in [-0.39, 0.29) is 5.78 Å².